The first-order chi connectivity index (χ1) is 8.68. The van der Waals surface area contributed by atoms with E-state index in [0.29, 0.717) is 0 Å². The summed E-state index contributed by atoms with van der Waals surface area (Å²) < 4.78 is 27.9. The number of aliphatic hydroxyl groups is 1. The normalized spacial score (nSPS) is 39.1. The third-order valence-corrected chi connectivity index (χ3v) is 5.15. The summed E-state index contributed by atoms with van der Waals surface area (Å²) in [5.74, 6) is -4.56. The zero-order valence-electron chi connectivity index (χ0n) is 12.0. The molecular weight excluding hydrogens is 250 g/mol. The van der Waals surface area contributed by atoms with Gasteiger partial charge in [-0.3, -0.25) is 4.79 Å². The van der Waals surface area contributed by atoms with Gasteiger partial charge < -0.3 is 5.11 Å². The second-order valence-electron chi connectivity index (χ2n) is 6.84. The third-order valence-electron chi connectivity index (χ3n) is 5.15. The lowest BCUT2D eigenvalue weighted by atomic mass is 9.60. The first-order valence-electron chi connectivity index (χ1n) is 7.33. The summed E-state index contributed by atoms with van der Waals surface area (Å²) in [4.78, 5) is 12.4. The number of Topliss-reactive ketones (excluding diaryl/α,β-unsaturated/α-hetero) is 1. The Morgan fingerprint density at radius 1 is 1.32 bits per heavy atom. The Morgan fingerprint density at radius 3 is 2.32 bits per heavy atom. The van der Waals surface area contributed by atoms with Crippen molar-refractivity contribution in [2.24, 2.45) is 23.7 Å². The minimum absolute atomic E-state index is 0.0348. The number of hydrogen-bond donors (Lipinski definition) is 1. The molecule has 2 nitrogen and oxygen atoms in total. The van der Waals surface area contributed by atoms with Crippen LogP contribution in [-0.2, 0) is 4.79 Å². The highest BCUT2D eigenvalue weighted by Gasteiger charge is 2.59. The maximum Gasteiger partial charge on any atom is 0.253 e. The summed E-state index contributed by atoms with van der Waals surface area (Å²) in [5.41, 5.74) is -1.82. The van der Waals surface area contributed by atoms with Gasteiger partial charge in [-0.2, -0.15) is 0 Å². The van der Waals surface area contributed by atoms with Crippen molar-refractivity contribution in [1.82, 2.24) is 0 Å². The molecule has 1 N–H and O–H groups in total. The van der Waals surface area contributed by atoms with Gasteiger partial charge >= 0.3 is 0 Å². The lowest BCUT2D eigenvalue weighted by Crippen LogP contribution is -2.59. The molecule has 0 saturated heterocycles. The van der Waals surface area contributed by atoms with E-state index in [0.717, 1.165) is 19.3 Å². The summed E-state index contributed by atoms with van der Waals surface area (Å²) in [6.45, 7) is 5.32. The van der Waals surface area contributed by atoms with E-state index in [1.807, 2.05) is 13.8 Å². The molecule has 4 heteroatoms. The molecule has 2 rings (SSSR count). The van der Waals surface area contributed by atoms with Crippen molar-refractivity contribution in [3.63, 3.8) is 0 Å². The van der Waals surface area contributed by atoms with Crippen LogP contribution in [0.1, 0.15) is 52.9 Å². The van der Waals surface area contributed by atoms with Crippen LogP contribution < -0.4 is 0 Å². The van der Waals surface area contributed by atoms with Crippen molar-refractivity contribution in [1.29, 1.82) is 0 Å². The van der Waals surface area contributed by atoms with Crippen LogP contribution in [0.25, 0.3) is 0 Å². The van der Waals surface area contributed by atoms with E-state index in [2.05, 4.69) is 0 Å². The average molecular weight is 274 g/mol. The Balaban J connectivity index is 2.28. The Hall–Kier alpha value is -0.510. The molecule has 3 atom stereocenters. The third kappa shape index (κ3) is 2.44. The molecular formula is C15H24F2O2. The van der Waals surface area contributed by atoms with Gasteiger partial charge in [-0.15, -0.1) is 0 Å². The molecule has 0 aromatic rings. The first kappa shape index (κ1) is 14.9. The fourth-order valence-electron chi connectivity index (χ4n) is 3.53. The summed E-state index contributed by atoms with van der Waals surface area (Å²) in [5, 5.41) is 10.7. The van der Waals surface area contributed by atoms with Gasteiger partial charge in [0.1, 0.15) is 5.60 Å². The van der Waals surface area contributed by atoms with Crippen LogP contribution in [0.2, 0.25) is 0 Å². The number of alkyl halides is 2. The second-order valence-corrected chi connectivity index (χ2v) is 6.84. The summed E-state index contributed by atoms with van der Waals surface area (Å²) in [6, 6.07) is 0. The van der Waals surface area contributed by atoms with Crippen LogP contribution in [0, 0.1) is 23.7 Å². The summed E-state index contributed by atoms with van der Waals surface area (Å²) >= 11 is 0. The molecule has 2 aliphatic rings. The zero-order valence-corrected chi connectivity index (χ0v) is 12.0. The number of carbonyl (C=O) groups is 1. The Morgan fingerprint density at radius 2 is 1.89 bits per heavy atom. The number of hydrogen-bond acceptors (Lipinski definition) is 2. The summed E-state index contributed by atoms with van der Waals surface area (Å²) in [6.07, 6.45) is 1.98. The topological polar surface area (TPSA) is 37.3 Å². The quantitative estimate of drug-likeness (QED) is 0.856. The smallest absolute Gasteiger partial charge is 0.253 e. The lowest BCUT2D eigenvalue weighted by Gasteiger charge is -2.48. The molecule has 0 heterocycles. The zero-order chi connectivity index (χ0) is 14.4. The van der Waals surface area contributed by atoms with Crippen LogP contribution in [0.4, 0.5) is 8.78 Å². The van der Waals surface area contributed by atoms with Gasteiger partial charge in [0.25, 0.3) is 5.92 Å². The van der Waals surface area contributed by atoms with E-state index in [-0.39, 0.29) is 30.0 Å². The minimum Gasteiger partial charge on any atom is -0.382 e. The fourth-order valence-corrected chi connectivity index (χ4v) is 3.53. The standard InChI is InChI=1S/C15H24F2O2/c1-9(2)12-7-10(3)15(16,17)8-14(12,19)13(18)11-5-4-6-11/h9-12,19H,4-8H2,1-3H3. The Labute approximate surface area is 113 Å². The van der Waals surface area contributed by atoms with E-state index in [1.165, 1.54) is 6.92 Å². The van der Waals surface area contributed by atoms with E-state index < -0.39 is 23.9 Å². The maximum atomic E-state index is 14.0. The van der Waals surface area contributed by atoms with E-state index in [9.17, 15) is 18.7 Å². The molecule has 2 saturated carbocycles. The van der Waals surface area contributed by atoms with Crippen LogP contribution in [-0.4, -0.2) is 22.4 Å². The Kier molecular flexibility index (Phi) is 3.76. The largest absolute Gasteiger partial charge is 0.382 e. The van der Waals surface area contributed by atoms with Crippen molar-refractivity contribution < 1.29 is 18.7 Å². The lowest BCUT2D eigenvalue weighted by molar-refractivity contribution is -0.198. The predicted octanol–water partition coefficient (Wildman–Crippen LogP) is 3.42. The van der Waals surface area contributed by atoms with Crippen molar-refractivity contribution in [2.75, 3.05) is 0 Å². The van der Waals surface area contributed by atoms with Crippen molar-refractivity contribution in [3.05, 3.63) is 0 Å². The van der Waals surface area contributed by atoms with E-state index >= 15 is 0 Å². The number of rotatable bonds is 3. The average Bonchev–Trinajstić information content (AvgIpc) is 2.19. The van der Waals surface area contributed by atoms with Gasteiger partial charge in [0.15, 0.2) is 5.78 Å². The molecule has 0 aromatic carbocycles. The monoisotopic (exact) mass is 274 g/mol. The van der Waals surface area contributed by atoms with Gasteiger partial charge in [-0.25, -0.2) is 8.78 Å². The molecule has 19 heavy (non-hydrogen) atoms. The van der Waals surface area contributed by atoms with Crippen molar-refractivity contribution in [2.45, 2.75) is 64.4 Å². The second kappa shape index (κ2) is 4.80. The Bertz CT molecular complexity index is 363. The minimum atomic E-state index is -2.94. The van der Waals surface area contributed by atoms with Crippen molar-refractivity contribution in [3.8, 4) is 0 Å². The highest BCUT2D eigenvalue weighted by Crippen LogP contribution is 2.50. The first-order valence-corrected chi connectivity index (χ1v) is 7.33. The molecule has 110 valence electrons. The molecule has 0 radical (unpaired) electrons. The molecule has 0 amide bonds. The molecule has 2 fully saturated rings. The van der Waals surface area contributed by atoms with Crippen LogP contribution in [0.15, 0.2) is 0 Å². The van der Waals surface area contributed by atoms with Crippen LogP contribution in [0.5, 0.6) is 0 Å². The maximum absolute atomic E-state index is 14.0. The van der Waals surface area contributed by atoms with Crippen LogP contribution >= 0.6 is 0 Å². The van der Waals surface area contributed by atoms with E-state index in [4.69, 9.17) is 0 Å². The molecule has 2 aliphatic carbocycles. The summed E-state index contributed by atoms with van der Waals surface area (Å²) in [7, 11) is 0. The van der Waals surface area contributed by atoms with Gasteiger partial charge in [0.05, 0.1) is 0 Å². The van der Waals surface area contributed by atoms with Crippen molar-refractivity contribution >= 4 is 5.78 Å². The van der Waals surface area contributed by atoms with Gasteiger partial charge in [0, 0.05) is 18.3 Å². The molecule has 0 bridgehead atoms. The number of ketones is 1. The predicted molar refractivity (Wildman–Crippen MR) is 69.0 cm³/mol. The molecule has 0 spiro atoms. The van der Waals surface area contributed by atoms with Crippen LogP contribution in [0.3, 0.4) is 0 Å². The van der Waals surface area contributed by atoms with Gasteiger partial charge in [-0.1, -0.05) is 27.2 Å². The SMILES string of the molecule is CC(C)C1CC(C)C(F)(F)CC1(O)C(=O)C1CCC1. The molecule has 3 unspecified atom stereocenters. The number of carbonyl (C=O) groups excluding carboxylic acids is 1. The number of halogens is 2. The fraction of sp³-hybridized carbons (Fsp3) is 0.933. The highest BCUT2D eigenvalue weighted by molar-refractivity contribution is 5.90. The van der Waals surface area contributed by atoms with E-state index in [1.54, 1.807) is 0 Å². The van der Waals surface area contributed by atoms with Gasteiger partial charge in [0.2, 0.25) is 0 Å². The molecule has 0 aliphatic heterocycles. The van der Waals surface area contributed by atoms with Gasteiger partial charge in [-0.05, 0) is 31.1 Å². The highest BCUT2D eigenvalue weighted by atomic mass is 19.3. The molecule has 0 aromatic heterocycles.